The average molecular weight is 296 g/mol. The molecular weight excluding hydrogens is 270 g/mol. The first-order valence-corrected chi connectivity index (χ1v) is 9.06. The lowest BCUT2D eigenvalue weighted by atomic mass is 9.51. The predicted molar refractivity (Wildman–Crippen MR) is 80.5 cm³/mol. The van der Waals surface area contributed by atoms with Gasteiger partial charge in [0.1, 0.15) is 0 Å². The zero-order chi connectivity index (χ0) is 13.7. The second kappa shape index (κ2) is 5.19. The average Bonchev–Trinajstić information content (AvgIpc) is 2.80. The van der Waals surface area contributed by atoms with E-state index in [4.69, 9.17) is 11.6 Å². The van der Waals surface area contributed by atoms with E-state index in [1.807, 2.05) is 0 Å². The number of carbonyl (C=O) groups is 1. The first-order valence-electron chi connectivity index (χ1n) is 8.62. The Hall–Kier alpha value is -0.240. The molecule has 4 bridgehead atoms. The molecule has 5 aliphatic carbocycles. The van der Waals surface area contributed by atoms with Crippen LogP contribution in [0.4, 0.5) is 0 Å². The van der Waals surface area contributed by atoms with Crippen LogP contribution in [0.25, 0.3) is 0 Å². The van der Waals surface area contributed by atoms with E-state index in [2.05, 4.69) is 5.32 Å². The highest BCUT2D eigenvalue weighted by molar-refractivity contribution is 6.21. The standard InChI is InChI=1S/C17H26ClNO/c18-15-3-1-2-12(15)9-19-17(20)16-13-5-10-4-11(7-13)8-14(16)6-10/h10-16H,1-9H2,(H,19,20). The molecule has 0 aliphatic heterocycles. The number of hydrogen-bond donors (Lipinski definition) is 1. The summed E-state index contributed by atoms with van der Waals surface area (Å²) in [5.41, 5.74) is 0. The smallest absolute Gasteiger partial charge is 0.223 e. The van der Waals surface area contributed by atoms with Crippen LogP contribution in [0.15, 0.2) is 0 Å². The highest BCUT2D eigenvalue weighted by Crippen LogP contribution is 2.56. The van der Waals surface area contributed by atoms with Gasteiger partial charge in [-0.25, -0.2) is 0 Å². The molecule has 1 amide bonds. The molecule has 2 atom stereocenters. The van der Waals surface area contributed by atoms with E-state index in [-0.39, 0.29) is 5.38 Å². The second-order valence-corrected chi connectivity index (χ2v) is 8.47. The fraction of sp³-hybridized carbons (Fsp3) is 0.941. The Morgan fingerprint density at radius 1 is 1.00 bits per heavy atom. The molecule has 0 aromatic carbocycles. The molecule has 0 saturated heterocycles. The summed E-state index contributed by atoms with van der Waals surface area (Å²) in [7, 11) is 0. The third kappa shape index (κ3) is 2.28. The van der Waals surface area contributed by atoms with E-state index in [0.717, 1.165) is 24.8 Å². The maximum Gasteiger partial charge on any atom is 0.223 e. The lowest BCUT2D eigenvalue weighted by Crippen LogP contribution is -2.51. The maximum atomic E-state index is 12.6. The van der Waals surface area contributed by atoms with Gasteiger partial charge in [-0.05, 0) is 74.5 Å². The van der Waals surface area contributed by atoms with Crippen molar-refractivity contribution in [2.24, 2.45) is 35.5 Å². The molecule has 2 nitrogen and oxygen atoms in total. The fourth-order valence-corrected chi connectivity index (χ4v) is 6.29. The molecule has 20 heavy (non-hydrogen) atoms. The third-order valence-corrected chi connectivity index (χ3v) is 7.21. The fourth-order valence-electron chi connectivity index (χ4n) is 5.92. The van der Waals surface area contributed by atoms with Gasteiger partial charge in [0, 0.05) is 17.8 Å². The molecular formula is C17H26ClNO. The van der Waals surface area contributed by atoms with Crippen molar-refractivity contribution in [3.05, 3.63) is 0 Å². The van der Waals surface area contributed by atoms with Crippen LogP contribution in [-0.4, -0.2) is 17.8 Å². The van der Waals surface area contributed by atoms with Gasteiger partial charge in [0.15, 0.2) is 0 Å². The molecule has 0 heterocycles. The lowest BCUT2D eigenvalue weighted by molar-refractivity contribution is -0.138. The van der Waals surface area contributed by atoms with Gasteiger partial charge >= 0.3 is 0 Å². The van der Waals surface area contributed by atoms with Crippen molar-refractivity contribution in [3.8, 4) is 0 Å². The molecule has 0 spiro atoms. The van der Waals surface area contributed by atoms with Crippen LogP contribution in [0.1, 0.15) is 51.4 Å². The Labute approximate surface area is 127 Å². The summed E-state index contributed by atoms with van der Waals surface area (Å²) in [6, 6.07) is 0. The van der Waals surface area contributed by atoms with E-state index in [0.29, 0.717) is 29.6 Å². The summed E-state index contributed by atoms with van der Waals surface area (Å²) >= 11 is 6.32. The molecule has 2 unspecified atom stereocenters. The molecule has 0 aromatic rings. The minimum absolute atomic E-state index is 0.286. The molecule has 5 aliphatic rings. The highest BCUT2D eigenvalue weighted by atomic mass is 35.5. The van der Waals surface area contributed by atoms with E-state index in [9.17, 15) is 4.79 Å². The summed E-state index contributed by atoms with van der Waals surface area (Å²) < 4.78 is 0. The molecule has 1 N–H and O–H groups in total. The molecule has 112 valence electrons. The van der Waals surface area contributed by atoms with Crippen molar-refractivity contribution in [1.82, 2.24) is 5.32 Å². The van der Waals surface area contributed by atoms with E-state index >= 15 is 0 Å². The van der Waals surface area contributed by atoms with Gasteiger partial charge in [0.2, 0.25) is 5.91 Å². The monoisotopic (exact) mass is 295 g/mol. The summed E-state index contributed by atoms with van der Waals surface area (Å²) in [5.74, 6) is 4.49. The third-order valence-electron chi connectivity index (χ3n) is 6.63. The molecule has 5 saturated carbocycles. The largest absolute Gasteiger partial charge is 0.356 e. The number of nitrogens with one attached hydrogen (secondary N) is 1. The minimum atomic E-state index is 0.286. The van der Waals surface area contributed by atoms with Crippen LogP contribution in [-0.2, 0) is 4.79 Å². The van der Waals surface area contributed by atoms with Gasteiger partial charge in [0.25, 0.3) is 0 Å². The zero-order valence-electron chi connectivity index (χ0n) is 12.2. The lowest BCUT2D eigenvalue weighted by Gasteiger charge is -2.53. The van der Waals surface area contributed by atoms with Gasteiger partial charge in [-0.3, -0.25) is 4.79 Å². The minimum Gasteiger partial charge on any atom is -0.356 e. The summed E-state index contributed by atoms with van der Waals surface area (Å²) in [6.07, 6.45) is 10.3. The number of carbonyl (C=O) groups excluding carboxylic acids is 1. The second-order valence-electron chi connectivity index (χ2n) is 7.91. The maximum absolute atomic E-state index is 12.6. The van der Waals surface area contributed by atoms with Crippen molar-refractivity contribution in [3.63, 3.8) is 0 Å². The molecule has 0 aromatic heterocycles. The van der Waals surface area contributed by atoms with Crippen LogP contribution in [0.2, 0.25) is 0 Å². The normalized spacial score (nSPS) is 49.5. The highest BCUT2D eigenvalue weighted by Gasteiger charge is 2.50. The van der Waals surface area contributed by atoms with E-state index in [1.165, 1.54) is 44.9 Å². The number of hydrogen-bond acceptors (Lipinski definition) is 1. The van der Waals surface area contributed by atoms with Gasteiger partial charge < -0.3 is 5.32 Å². The van der Waals surface area contributed by atoms with Crippen LogP contribution in [0, 0.1) is 35.5 Å². The SMILES string of the molecule is O=C(NCC1CCCC1Cl)C1C2CC3CC(C2)CC1C3. The van der Waals surface area contributed by atoms with E-state index < -0.39 is 0 Å². The van der Waals surface area contributed by atoms with Crippen LogP contribution < -0.4 is 5.32 Å². The topological polar surface area (TPSA) is 29.1 Å². The Balaban J connectivity index is 1.36. The van der Waals surface area contributed by atoms with E-state index in [1.54, 1.807) is 0 Å². The van der Waals surface area contributed by atoms with Crippen molar-refractivity contribution in [2.45, 2.75) is 56.7 Å². The zero-order valence-corrected chi connectivity index (χ0v) is 12.9. The predicted octanol–water partition coefficient (Wildman–Crippen LogP) is 3.58. The Morgan fingerprint density at radius 2 is 1.65 bits per heavy atom. The first-order chi connectivity index (χ1) is 9.70. The number of amides is 1. The molecule has 5 rings (SSSR count). The summed E-state index contributed by atoms with van der Waals surface area (Å²) in [4.78, 5) is 12.6. The number of rotatable bonds is 3. The van der Waals surface area contributed by atoms with Crippen LogP contribution in [0.5, 0.6) is 0 Å². The number of alkyl halides is 1. The summed E-state index contributed by atoms with van der Waals surface area (Å²) in [5, 5.41) is 3.55. The van der Waals surface area contributed by atoms with Crippen molar-refractivity contribution in [2.75, 3.05) is 6.54 Å². The molecule has 5 fully saturated rings. The van der Waals surface area contributed by atoms with Crippen molar-refractivity contribution < 1.29 is 4.79 Å². The van der Waals surface area contributed by atoms with Crippen LogP contribution in [0.3, 0.4) is 0 Å². The van der Waals surface area contributed by atoms with Gasteiger partial charge in [-0.15, -0.1) is 11.6 Å². The molecule has 3 heteroatoms. The Bertz CT molecular complexity index is 368. The van der Waals surface area contributed by atoms with Crippen LogP contribution >= 0.6 is 11.6 Å². The van der Waals surface area contributed by atoms with Crippen molar-refractivity contribution in [1.29, 1.82) is 0 Å². The van der Waals surface area contributed by atoms with Gasteiger partial charge in [-0.2, -0.15) is 0 Å². The number of halogens is 1. The molecule has 0 radical (unpaired) electrons. The Morgan fingerprint density at radius 3 is 2.20 bits per heavy atom. The first kappa shape index (κ1) is 13.4. The van der Waals surface area contributed by atoms with Gasteiger partial charge in [-0.1, -0.05) is 6.42 Å². The Kier molecular flexibility index (Phi) is 3.48. The van der Waals surface area contributed by atoms with Gasteiger partial charge in [0.05, 0.1) is 0 Å². The summed E-state index contributed by atoms with van der Waals surface area (Å²) in [6.45, 7) is 0.815. The quantitative estimate of drug-likeness (QED) is 0.792. The van der Waals surface area contributed by atoms with Crippen molar-refractivity contribution >= 4 is 17.5 Å².